The Morgan fingerprint density at radius 1 is 1.00 bits per heavy atom. The molecule has 3 amide bonds. The summed E-state index contributed by atoms with van der Waals surface area (Å²) in [6, 6.07) is 19.3. The fourth-order valence-corrected chi connectivity index (χ4v) is 3.72. The van der Waals surface area contributed by atoms with Crippen molar-refractivity contribution < 1.29 is 23.9 Å². The number of amides is 3. The Kier molecular flexibility index (Phi) is 6.98. The van der Waals surface area contributed by atoms with Gasteiger partial charge in [-0.2, -0.15) is 0 Å². The molecule has 2 N–H and O–H groups in total. The van der Waals surface area contributed by atoms with Crippen molar-refractivity contribution in [1.29, 1.82) is 0 Å². The van der Waals surface area contributed by atoms with E-state index in [1.165, 1.54) is 4.90 Å². The summed E-state index contributed by atoms with van der Waals surface area (Å²) in [6.45, 7) is -0.316. The van der Waals surface area contributed by atoms with E-state index < -0.39 is 23.8 Å². The predicted octanol–water partition coefficient (Wildman–Crippen LogP) is 4.11. The third-order valence-corrected chi connectivity index (χ3v) is 5.48. The van der Waals surface area contributed by atoms with Crippen molar-refractivity contribution in [3.05, 3.63) is 77.8 Å². The lowest BCUT2D eigenvalue weighted by atomic mass is 10.0. The Labute approximate surface area is 201 Å². The molecule has 3 aromatic carbocycles. The smallest absolute Gasteiger partial charge is 0.265 e. The fraction of sp³-hybridized carbons (Fsp3) is 0.160. The molecular formula is C25H22ClN3O5. The summed E-state index contributed by atoms with van der Waals surface area (Å²) < 4.78 is 10.8. The minimum Gasteiger partial charge on any atom is -0.497 e. The maximum absolute atomic E-state index is 13.2. The van der Waals surface area contributed by atoms with Gasteiger partial charge in [0.2, 0.25) is 11.8 Å². The summed E-state index contributed by atoms with van der Waals surface area (Å²) in [5, 5.41) is 6.04. The zero-order chi connectivity index (χ0) is 24.1. The molecule has 0 aliphatic carbocycles. The van der Waals surface area contributed by atoms with Crippen LogP contribution in [0, 0.1) is 0 Å². The lowest BCUT2D eigenvalue weighted by molar-refractivity contribution is -0.127. The molecule has 0 aromatic heterocycles. The van der Waals surface area contributed by atoms with E-state index in [1.54, 1.807) is 79.9 Å². The quantitative estimate of drug-likeness (QED) is 0.531. The topological polar surface area (TPSA) is 97.0 Å². The lowest BCUT2D eigenvalue weighted by Gasteiger charge is -2.36. The third kappa shape index (κ3) is 5.29. The van der Waals surface area contributed by atoms with Gasteiger partial charge in [0.25, 0.3) is 5.91 Å². The Hall–Kier alpha value is -4.04. The Bertz CT molecular complexity index is 1200. The standard InChI is InChI=1S/C25H22ClN3O5/c1-33-18-10-12-19(13-11-18)34-15-24(31)29-21-5-3-2-4-20(21)28-25(32)22(29)14-23(30)27-17-8-6-16(26)7-9-17/h2-13,22H,14-15H2,1H3,(H,27,30)(H,28,32)/t22-/m0/s1. The number of rotatable bonds is 7. The number of ether oxygens (including phenoxy) is 2. The van der Waals surface area contributed by atoms with E-state index in [9.17, 15) is 14.4 Å². The molecule has 0 spiro atoms. The molecule has 0 fully saturated rings. The summed E-state index contributed by atoms with van der Waals surface area (Å²) in [5.41, 5.74) is 1.51. The highest BCUT2D eigenvalue weighted by Gasteiger charge is 2.38. The Balaban J connectivity index is 1.52. The number of carbonyl (C=O) groups excluding carboxylic acids is 3. The molecule has 0 saturated carbocycles. The zero-order valence-corrected chi connectivity index (χ0v) is 19.0. The van der Waals surface area contributed by atoms with Crippen molar-refractivity contribution in [2.45, 2.75) is 12.5 Å². The van der Waals surface area contributed by atoms with Gasteiger partial charge < -0.3 is 20.1 Å². The average Bonchev–Trinajstić information content (AvgIpc) is 2.84. The predicted molar refractivity (Wildman–Crippen MR) is 130 cm³/mol. The number of nitrogens with one attached hydrogen (secondary N) is 2. The van der Waals surface area contributed by atoms with Crippen LogP contribution in [-0.2, 0) is 14.4 Å². The van der Waals surface area contributed by atoms with Crippen molar-refractivity contribution in [1.82, 2.24) is 0 Å². The number of fused-ring (bicyclic) bond motifs is 1. The van der Waals surface area contributed by atoms with Crippen LogP contribution in [0.5, 0.6) is 11.5 Å². The van der Waals surface area contributed by atoms with E-state index in [1.807, 2.05) is 0 Å². The number of para-hydroxylation sites is 2. The molecule has 1 aliphatic heterocycles. The van der Waals surface area contributed by atoms with Crippen molar-refractivity contribution in [3.8, 4) is 11.5 Å². The van der Waals surface area contributed by atoms with Gasteiger partial charge in [-0.25, -0.2) is 0 Å². The van der Waals surface area contributed by atoms with E-state index in [0.29, 0.717) is 33.6 Å². The molecule has 0 unspecified atom stereocenters. The van der Waals surface area contributed by atoms with Gasteiger partial charge in [0.15, 0.2) is 6.61 Å². The number of benzene rings is 3. The zero-order valence-electron chi connectivity index (χ0n) is 18.3. The highest BCUT2D eigenvalue weighted by atomic mass is 35.5. The van der Waals surface area contributed by atoms with E-state index in [0.717, 1.165) is 0 Å². The first kappa shape index (κ1) is 23.1. The number of hydrogen-bond acceptors (Lipinski definition) is 5. The highest BCUT2D eigenvalue weighted by Crippen LogP contribution is 2.33. The minimum absolute atomic E-state index is 0.239. The van der Waals surface area contributed by atoms with Crippen molar-refractivity contribution in [2.24, 2.45) is 0 Å². The third-order valence-electron chi connectivity index (χ3n) is 5.23. The second-order valence-electron chi connectivity index (χ2n) is 7.51. The van der Waals surface area contributed by atoms with Gasteiger partial charge in [0.1, 0.15) is 17.5 Å². The number of carbonyl (C=O) groups is 3. The van der Waals surface area contributed by atoms with E-state index in [2.05, 4.69) is 10.6 Å². The van der Waals surface area contributed by atoms with Crippen LogP contribution in [0.25, 0.3) is 0 Å². The molecule has 1 aliphatic rings. The molecule has 8 nitrogen and oxygen atoms in total. The summed E-state index contributed by atoms with van der Waals surface area (Å²) >= 11 is 5.89. The monoisotopic (exact) mass is 479 g/mol. The molecule has 0 radical (unpaired) electrons. The number of nitrogens with zero attached hydrogens (tertiary/aromatic N) is 1. The van der Waals surface area contributed by atoms with E-state index >= 15 is 0 Å². The molecule has 9 heteroatoms. The van der Waals surface area contributed by atoms with Crippen LogP contribution in [0.4, 0.5) is 17.1 Å². The van der Waals surface area contributed by atoms with Crippen LogP contribution >= 0.6 is 11.6 Å². The molecule has 1 atom stereocenters. The first-order valence-electron chi connectivity index (χ1n) is 10.5. The van der Waals surface area contributed by atoms with Gasteiger partial charge in [-0.1, -0.05) is 23.7 Å². The van der Waals surface area contributed by atoms with Gasteiger partial charge in [-0.05, 0) is 60.7 Å². The fourth-order valence-electron chi connectivity index (χ4n) is 3.59. The van der Waals surface area contributed by atoms with Crippen molar-refractivity contribution in [3.63, 3.8) is 0 Å². The van der Waals surface area contributed by atoms with Crippen LogP contribution in [0.1, 0.15) is 6.42 Å². The van der Waals surface area contributed by atoms with Gasteiger partial charge in [0, 0.05) is 10.7 Å². The Morgan fingerprint density at radius 2 is 1.68 bits per heavy atom. The first-order valence-corrected chi connectivity index (χ1v) is 10.9. The van der Waals surface area contributed by atoms with Crippen molar-refractivity contribution in [2.75, 3.05) is 29.3 Å². The van der Waals surface area contributed by atoms with Gasteiger partial charge in [0.05, 0.1) is 24.9 Å². The van der Waals surface area contributed by atoms with Crippen LogP contribution in [0.2, 0.25) is 5.02 Å². The summed E-state index contributed by atoms with van der Waals surface area (Å²) in [6.07, 6.45) is -0.239. The molecule has 174 valence electrons. The number of halogens is 1. The SMILES string of the molecule is COc1ccc(OCC(=O)N2c3ccccc3NC(=O)[C@@H]2CC(=O)Nc2ccc(Cl)cc2)cc1. The number of hydrogen-bond donors (Lipinski definition) is 2. The average molecular weight is 480 g/mol. The van der Waals surface area contributed by atoms with E-state index in [4.69, 9.17) is 21.1 Å². The molecular weight excluding hydrogens is 458 g/mol. The summed E-state index contributed by atoms with van der Waals surface area (Å²) in [5.74, 6) is -0.200. The second kappa shape index (κ2) is 10.3. The Morgan fingerprint density at radius 3 is 2.38 bits per heavy atom. The molecule has 3 aromatic rings. The van der Waals surface area contributed by atoms with Gasteiger partial charge >= 0.3 is 0 Å². The van der Waals surface area contributed by atoms with Crippen LogP contribution in [-0.4, -0.2) is 37.5 Å². The molecule has 4 rings (SSSR count). The molecule has 0 saturated heterocycles. The number of anilines is 3. The normalized spacial score (nSPS) is 14.6. The van der Waals surface area contributed by atoms with Crippen LogP contribution in [0.3, 0.4) is 0 Å². The maximum Gasteiger partial charge on any atom is 0.265 e. The lowest BCUT2D eigenvalue weighted by Crippen LogP contribution is -2.53. The van der Waals surface area contributed by atoms with Crippen LogP contribution < -0.4 is 25.0 Å². The number of methoxy groups -OCH3 is 1. The van der Waals surface area contributed by atoms with Crippen molar-refractivity contribution >= 4 is 46.4 Å². The molecule has 34 heavy (non-hydrogen) atoms. The molecule has 0 bridgehead atoms. The molecule has 1 heterocycles. The maximum atomic E-state index is 13.2. The highest BCUT2D eigenvalue weighted by molar-refractivity contribution is 6.30. The van der Waals surface area contributed by atoms with E-state index in [-0.39, 0.29) is 13.0 Å². The first-order chi connectivity index (χ1) is 16.4. The second-order valence-corrected chi connectivity index (χ2v) is 7.95. The largest absolute Gasteiger partial charge is 0.497 e. The van der Waals surface area contributed by atoms with Crippen LogP contribution in [0.15, 0.2) is 72.8 Å². The summed E-state index contributed by atoms with van der Waals surface area (Å²) in [7, 11) is 1.56. The summed E-state index contributed by atoms with van der Waals surface area (Å²) in [4.78, 5) is 40.2. The van der Waals surface area contributed by atoms with Gasteiger partial charge in [-0.3, -0.25) is 19.3 Å². The van der Waals surface area contributed by atoms with Gasteiger partial charge in [-0.15, -0.1) is 0 Å². The minimum atomic E-state index is -1.05.